The van der Waals surface area contributed by atoms with E-state index in [4.69, 9.17) is 14.2 Å². The van der Waals surface area contributed by atoms with Crippen LogP contribution < -0.4 is 0 Å². The van der Waals surface area contributed by atoms with Gasteiger partial charge in [0.05, 0.1) is 12.7 Å². The average molecular weight is 473 g/mol. The third kappa shape index (κ3) is 3.17. The summed E-state index contributed by atoms with van der Waals surface area (Å²) < 4.78 is 18.5. The Hall–Kier alpha value is -0.940. The zero-order chi connectivity index (χ0) is 24.0. The second-order valence-corrected chi connectivity index (χ2v) is 13.7. The van der Waals surface area contributed by atoms with Crippen LogP contribution in [-0.2, 0) is 23.8 Å². The molecule has 4 aliphatic carbocycles. The van der Waals surface area contributed by atoms with Crippen LogP contribution in [0, 0.1) is 52.3 Å². The first-order valence-corrected chi connectivity index (χ1v) is 14.1. The van der Waals surface area contributed by atoms with E-state index >= 15 is 0 Å². The van der Waals surface area contributed by atoms with Crippen LogP contribution in [0.5, 0.6) is 0 Å². The third-order valence-corrected chi connectivity index (χ3v) is 11.9. The second-order valence-electron chi connectivity index (χ2n) is 13.7. The molecule has 12 atom stereocenters. The van der Waals surface area contributed by atoms with Gasteiger partial charge in [0.2, 0.25) is 5.79 Å². The molecule has 0 unspecified atom stereocenters. The third-order valence-electron chi connectivity index (χ3n) is 11.9. The summed E-state index contributed by atoms with van der Waals surface area (Å²) in [5.74, 6) is 2.58. The zero-order valence-corrected chi connectivity index (χ0v) is 21.8. The van der Waals surface area contributed by atoms with Crippen molar-refractivity contribution in [3.8, 4) is 0 Å². The summed E-state index contributed by atoms with van der Waals surface area (Å²) in [5.41, 5.74) is 0.535. The Balaban J connectivity index is 1.25. The highest BCUT2D eigenvalue weighted by Crippen LogP contribution is 2.70. The average Bonchev–Trinajstić information content (AvgIpc) is 3.29. The van der Waals surface area contributed by atoms with Crippen molar-refractivity contribution in [3.63, 3.8) is 0 Å². The summed E-state index contributed by atoms with van der Waals surface area (Å²) >= 11 is 0. The standard InChI is InChI=1S/C29H44O5/c1-16-14-29(32-15-16)26(31)17(2)25-24(34-29)13-23-21-7-6-19-12-20(33-18(3)30)8-10-27(19,4)22(21)9-11-28(23,25)5/h16-17,19-25H,6-15H2,1-5H3/t16-,17-,19+,20-,21+,22-,23-,24-,25-,27-,28-,29+/m0/s1. The lowest BCUT2D eigenvalue weighted by Crippen LogP contribution is -2.58. The summed E-state index contributed by atoms with van der Waals surface area (Å²) in [5, 5.41) is 0. The largest absolute Gasteiger partial charge is 0.463 e. The Morgan fingerprint density at radius 3 is 2.47 bits per heavy atom. The molecule has 190 valence electrons. The van der Waals surface area contributed by atoms with Crippen molar-refractivity contribution in [1.82, 2.24) is 0 Å². The Labute approximate surface area is 205 Å². The number of ether oxygens (including phenoxy) is 3. The van der Waals surface area contributed by atoms with E-state index in [-0.39, 0.29) is 35.3 Å². The van der Waals surface area contributed by atoms with Gasteiger partial charge in [-0.1, -0.05) is 27.7 Å². The fourth-order valence-electron chi connectivity index (χ4n) is 10.5. The van der Waals surface area contributed by atoms with Crippen molar-refractivity contribution in [2.75, 3.05) is 6.61 Å². The van der Waals surface area contributed by atoms with Crippen molar-refractivity contribution in [3.05, 3.63) is 0 Å². The molecule has 34 heavy (non-hydrogen) atoms. The number of rotatable bonds is 1. The van der Waals surface area contributed by atoms with Gasteiger partial charge in [-0.3, -0.25) is 9.59 Å². The summed E-state index contributed by atoms with van der Waals surface area (Å²) in [6, 6.07) is 0. The minimum absolute atomic E-state index is 0.0155. The molecular weight excluding hydrogens is 428 g/mol. The van der Waals surface area contributed by atoms with Crippen LogP contribution in [0.1, 0.15) is 92.4 Å². The van der Waals surface area contributed by atoms with Gasteiger partial charge >= 0.3 is 5.97 Å². The molecule has 2 heterocycles. The first kappa shape index (κ1) is 23.5. The second kappa shape index (κ2) is 7.78. The topological polar surface area (TPSA) is 61.8 Å². The van der Waals surface area contributed by atoms with Crippen LogP contribution in [0.15, 0.2) is 0 Å². The Morgan fingerprint density at radius 1 is 1.00 bits per heavy atom. The number of hydrogen-bond acceptors (Lipinski definition) is 5. The van der Waals surface area contributed by atoms with Crippen molar-refractivity contribution in [1.29, 1.82) is 0 Å². The summed E-state index contributed by atoms with van der Waals surface area (Å²) in [4.78, 5) is 25.2. The highest BCUT2D eigenvalue weighted by Gasteiger charge is 2.68. The van der Waals surface area contributed by atoms with Crippen LogP contribution in [0.3, 0.4) is 0 Å². The Morgan fingerprint density at radius 2 is 1.76 bits per heavy atom. The van der Waals surface area contributed by atoms with Gasteiger partial charge in [0.15, 0.2) is 5.78 Å². The maximum absolute atomic E-state index is 13.6. The maximum atomic E-state index is 13.6. The van der Waals surface area contributed by atoms with Crippen molar-refractivity contribution >= 4 is 11.8 Å². The number of Topliss-reactive ketones (excluding diaryl/α,β-unsaturated/α-hetero) is 1. The molecule has 4 saturated carbocycles. The molecule has 0 radical (unpaired) electrons. The van der Waals surface area contributed by atoms with Crippen molar-refractivity contribution in [2.45, 2.75) is 110 Å². The molecule has 0 aromatic carbocycles. The Kier molecular flexibility index (Phi) is 5.37. The van der Waals surface area contributed by atoms with Crippen LogP contribution in [0.2, 0.25) is 0 Å². The van der Waals surface area contributed by atoms with Crippen LogP contribution in [0.4, 0.5) is 0 Å². The fourth-order valence-corrected chi connectivity index (χ4v) is 10.5. The zero-order valence-electron chi connectivity index (χ0n) is 21.8. The highest BCUT2D eigenvalue weighted by atomic mass is 16.7. The summed E-state index contributed by atoms with van der Waals surface area (Å²) in [6.07, 6.45) is 10.3. The predicted octanol–water partition coefficient (Wildman–Crippen LogP) is 5.54. The first-order valence-electron chi connectivity index (χ1n) is 14.1. The molecule has 6 fully saturated rings. The number of ketones is 1. The van der Waals surface area contributed by atoms with E-state index in [9.17, 15) is 9.59 Å². The summed E-state index contributed by atoms with van der Waals surface area (Å²) in [7, 11) is 0. The van der Waals surface area contributed by atoms with Gasteiger partial charge in [-0.2, -0.15) is 0 Å². The van der Waals surface area contributed by atoms with Crippen LogP contribution in [0.25, 0.3) is 0 Å². The van der Waals surface area contributed by atoms with Gasteiger partial charge < -0.3 is 14.2 Å². The molecule has 0 bridgehead atoms. The molecule has 5 nitrogen and oxygen atoms in total. The molecule has 1 spiro atoms. The number of hydrogen-bond donors (Lipinski definition) is 0. The lowest BCUT2D eigenvalue weighted by Gasteiger charge is -2.61. The molecule has 5 heteroatoms. The minimum atomic E-state index is -0.970. The molecule has 0 aromatic rings. The number of esters is 1. The quantitative estimate of drug-likeness (QED) is 0.469. The van der Waals surface area contributed by atoms with E-state index in [1.165, 1.54) is 32.1 Å². The van der Waals surface area contributed by atoms with Gasteiger partial charge in [-0.15, -0.1) is 0 Å². The molecule has 2 aliphatic heterocycles. The SMILES string of the molecule is CC(=O)O[C@H]1CC[C@@]2(C)[C@H](CC[C@@H]3[C@@H]2CC[C@]2(C)[C@@H]4[C@H](C[C@@H]32)O[C@]2(C[C@H](C)CO2)C(=O)[C@H]4C)C1. The lowest BCUT2D eigenvalue weighted by molar-refractivity contribution is -0.259. The van der Waals surface area contributed by atoms with Gasteiger partial charge in [-0.25, -0.2) is 0 Å². The minimum Gasteiger partial charge on any atom is -0.463 e. The van der Waals surface area contributed by atoms with Gasteiger partial charge in [0.25, 0.3) is 0 Å². The van der Waals surface area contributed by atoms with E-state index in [0.717, 1.165) is 37.5 Å². The monoisotopic (exact) mass is 472 g/mol. The molecular formula is C29H44O5. The van der Waals surface area contributed by atoms with Gasteiger partial charge in [-0.05, 0) is 91.8 Å². The smallest absolute Gasteiger partial charge is 0.302 e. The predicted molar refractivity (Wildman–Crippen MR) is 128 cm³/mol. The van der Waals surface area contributed by atoms with E-state index in [1.807, 2.05) is 0 Å². The van der Waals surface area contributed by atoms with Crippen molar-refractivity contribution in [2.24, 2.45) is 52.3 Å². The molecule has 0 amide bonds. The molecule has 2 saturated heterocycles. The highest BCUT2D eigenvalue weighted by molar-refractivity contribution is 5.89. The Bertz CT molecular complexity index is 871. The molecule has 0 aromatic heterocycles. The van der Waals surface area contributed by atoms with E-state index in [0.29, 0.717) is 35.7 Å². The molecule has 6 aliphatic rings. The van der Waals surface area contributed by atoms with Gasteiger partial charge in [0, 0.05) is 25.2 Å². The fraction of sp³-hybridized carbons (Fsp3) is 0.931. The van der Waals surface area contributed by atoms with E-state index < -0.39 is 5.79 Å². The maximum Gasteiger partial charge on any atom is 0.302 e. The number of carbonyl (C=O) groups excluding carboxylic acids is 2. The first-order chi connectivity index (χ1) is 16.1. The van der Waals surface area contributed by atoms with Gasteiger partial charge in [0.1, 0.15) is 6.10 Å². The molecule has 6 rings (SSSR count). The molecule has 0 N–H and O–H groups in total. The lowest BCUT2D eigenvalue weighted by atomic mass is 9.44. The normalized spacial score (nSPS) is 56.4. The number of fused-ring (bicyclic) bond motifs is 7. The van der Waals surface area contributed by atoms with E-state index in [2.05, 4.69) is 27.7 Å². The summed E-state index contributed by atoms with van der Waals surface area (Å²) in [6.45, 7) is 11.6. The van der Waals surface area contributed by atoms with Crippen molar-refractivity contribution < 1.29 is 23.8 Å². The van der Waals surface area contributed by atoms with E-state index in [1.54, 1.807) is 6.92 Å². The number of carbonyl (C=O) groups is 2. The van der Waals surface area contributed by atoms with Crippen LogP contribution >= 0.6 is 0 Å². The van der Waals surface area contributed by atoms with Crippen LogP contribution in [-0.4, -0.2) is 36.4 Å².